The number of aromatic nitrogens is 2. The number of rotatable bonds is 3. The standard InChI is InChI=1S/C12H16N4O3/c1-9(17)15-2-4-16(5-3-15)12-13-7-10(8-14-12)6-11(18)19/h7-8H,2-6H2,1H3,(H,18,19). The molecular weight excluding hydrogens is 248 g/mol. The Morgan fingerprint density at radius 1 is 1.21 bits per heavy atom. The zero-order valence-electron chi connectivity index (χ0n) is 10.7. The highest BCUT2D eigenvalue weighted by Crippen LogP contribution is 2.11. The molecule has 7 nitrogen and oxygen atoms in total. The molecular formula is C12H16N4O3. The molecule has 0 saturated carbocycles. The summed E-state index contributed by atoms with van der Waals surface area (Å²) in [6.45, 7) is 4.27. The Morgan fingerprint density at radius 2 is 1.79 bits per heavy atom. The fourth-order valence-corrected chi connectivity index (χ4v) is 2.00. The maximum absolute atomic E-state index is 11.2. The fourth-order valence-electron chi connectivity index (χ4n) is 2.00. The predicted molar refractivity (Wildman–Crippen MR) is 67.8 cm³/mol. The molecule has 0 aromatic carbocycles. The van der Waals surface area contributed by atoms with Crippen molar-refractivity contribution >= 4 is 17.8 Å². The minimum Gasteiger partial charge on any atom is -0.481 e. The number of hydrogen-bond acceptors (Lipinski definition) is 5. The molecule has 1 aromatic rings. The van der Waals surface area contributed by atoms with Crippen molar-refractivity contribution in [3.8, 4) is 0 Å². The van der Waals surface area contributed by atoms with Gasteiger partial charge in [0, 0.05) is 51.1 Å². The summed E-state index contributed by atoms with van der Waals surface area (Å²) in [5, 5.41) is 8.66. The molecule has 1 aromatic heterocycles. The molecule has 0 bridgehead atoms. The number of carbonyl (C=O) groups is 2. The number of piperazine rings is 1. The van der Waals surface area contributed by atoms with E-state index in [0.717, 1.165) is 0 Å². The van der Waals surface area contributed by atoms with Crippen molar-refractivity contribution in [3.05, 3.63) is 18.0 Å². The minimum atomic E-state index is -0.897. The van der Waals surface area contributed by atoms with Crippen LogP contribution < -0.4 is 4.90 Å². The number of aliphatic carboxylic acids is 1. The molecule has 1 aliphatic heterocycles. The van der Waals surface area contributed by atoms with Gasteiger partial charge in [-0.15, -0.1) is 0 Å². The summed E-state index contributed by atoms with van der Waals surface area (Å²) in [5.74, 6) is -0.235. The molecule has 1 N–H and O–H groups in total. The van der Waals surface area contributed by atoms with Gasteiger partial charge in [0.2, 0.25) is 11.9 Å². The molecule has 0 spiro atoms. The van der Waals surface area contributed by atoms with Crippen molar-refractivity contribution in [2.75, 3.05) is 31.1 Å². The van der Waals surface area contributed by atoms with Crippen molar-refractivity contribution in [3.63, 3.8) is 0 Å². The molecule has 0 aliphatic carbocycles. The molecule has 2 heterocycles. The number of carbonyl (C=O) groups excluding carboxylic acids is 1. The summed E-state index contributed by atoms with van der Waals surface area (Å²) in [5.41, 5.74) is 0.582. The summed E-state index contributed by atoms with van der Waals surface area (Å²) in [4.78, 5) is 33.9. The lowest BCUT2D eigenvalue weighted by atomic mass is 10.2. The molecule has 0 radical (unpaired) electrons. The first-order valence-electron chi connectivity index (χ1n) is 6.09. The second kappa shape index (κ2) is 5.64. The van der Waals surface area contributed by atoms with E-state index < -0.39 is 5.97 Å². The van der Waals surface area contributed by atoms with Crippen LogP contribution in [0.15, 0.2) is 12.4 Å². The van der Waals surface area contributed by atoms with Crippen molar-refractivity contribution in [1.29, 1.82) is 0 Å². The Kier molecular flexibility index (Phi) is 3.94. The number of nitrogens with zero attached hydrogens (tertiary/aromatic N) is 4. The Bertz CT molecular complexity index is 466. The molecule has 19 heavy (non-hydrogen) atoms. The third kappa shape index (κ3) is 3.40. The van der Waals surface area contributed by atoms with Gasteiger partial charge in [-0.2, -0.15) is 0 Å². The number of anilines is 1. The van der Waals surface area contributed by atoms with Gasteiger partial charge >= 0.3 is 5.97 Å². The quantitative estimate of drug-likeness (QED) is 0.811. The van der Waals surface area contributed by atoms with Crippen LogP contribution in [-0.2, 0) is 16.0 Å². The van der Waals surface area contributed by atoms with Gasteiger partial charge in [-0.25, -0.2) is 9.97 Å². The smallest absolute Gasteiger partial charge is 0.307 e. The zero-order chi connectivity index (χ0) is 13.8. The molecule has 1 amide bonds. The molecule has 1 fully saturated rings. The molecule has 102 valence electrons. The van der Waals surface area contributed by atoms with Crippen molar-refractivity contribution < 1.29 is 14.7 Å². The summed E-state index contributed by atoms with van der Waals surface area (Å²) in [7, 11) is 0. The number of carboxylic acid groups (broad SMARTS) is 1. The van der Waals surface area contributed by atoms with Crippen LogP contribution in [0.3, 0.4) is 0 Å². The summed E-state index contributed by atoms with van der Waals surface area (Å²) >= 11 is 0. The van der Waals surface area contributed by atoms with Crippen LogP contribution in [0, 0.1) is 0 Å². The Morgan fingerprint density at radius 3 is 2.26 bits per heavy atom. The highest BCUT2D eigenvalue weighted by atomic mass is 16.4. The van der Waals surface area contributed by atoms with E-state index in [2.05, 4.69) is 9.97 Å². The van der Waals surface area contributed by atoms with Crippen LogP contribution >= 0.6 is 0 Å². The summed E-state index contributed by atoms with van der Waals surface area (Å²) in [6, 6.07) is 0. The van der Waals surface area contributed by atoms with Gasteiger partial charge in [0.15, 0.2) is 0 Å². The van der Waals surface area contributed by atoms with E-state index in [-0.39, 0.29) is 12.3 Å². The molecule has 7 heteroatoms. The SMILES string of the molecule is CC(=O)N1CCN(c2ncc(CC(=O)O)cn2)CC1. The highest BCUT2D eigenvalue weighted by Gasteiger charge is 2.20. The predicted octanol–water partition coefficient (Wildman–Crippen LogP) is -0.228. The van der Waals surface area contributed by atoms with Gasteiger partial charge in [-0.1, -0.05) is 0 Å². The van der Waals surface area contributed by atoms with Crippen LogP contribution in [0.5, 0.6) is 0 Å². The lowest BCUT2D eigenvalue weighted by Gasteiger charge is -2.34. The molecule has 1 aliphatic rings. The fraction of sp³-hybridized carbons (Fsp3) is 0.500. The van der Waals surface area contributed by atoms with E-state index in [4.69, 9.17) is 5.11 Å². The lowest BCUT2D eigenvalue weighted by molar-refractivity contribution is -0.136. The lowest BCUT2D eigenvalue weighted by Crippen LogP contribution is -2.48. The summed E-state index contributed by atoms with van der Waals surface area (Å²) < 4.78 is 0. The molecule has 0 unspecified atom stereocenters. The second-order valence-corrected chi connectivity index (χ2v) is 4.45. The van der Waals surface area contributed by atoms with Crippen molar-refractivity contribution in [2.24, 2.45) is 0 Å². The molecule has 1 saturated heterocycles. The third-order valence-electron chi connectivity index (χ3n) is 3.05. The van der Waals surface area contributed by atoms with E-state index >= 15 is 0 Å². The Hall–Kier alpha value is -2.18. The van der Waals surface area contributed by atoms with Gasteiger partial charge < -0.3 is 14.9 Å². The first kappa shape index (κ1) is 13.3. The minimum absolute atomic E-state index is 0.0710. The van der Waals surface area contributed by atoms with Gasteiger partial charge in [0.05, 0.1) is 6.42 Å². The molecule has 2 rings (SSSR count). The average Bonchev–Trinajstić information content (AvgIpc) is 2.39. The van der Waals surface area contributed by atoms with Crippen molar-refractivity contribution in [1.82, 2.24) is 14.9 Å². The van der Waals surface area contributed by atoms with E-state index in [1.54, 1.807) is 11.8 Å². The first-order chi connectivity index (χ1) is 9.06. The second-order valence-electron chi connectivity index (χ2n) is 4.45. The number of amides is 1. The van der Waals surface area contributed by atoms with Crippen LogP contribution in [0.1, 0.15) is 12.5 Å². The first-order valence-corrected chi connectivity index (χ1v) is 6.09. The van der Waals surface area contributed by atoms with Crippen LogP contribution in [0.25, 0.3) is 0 Å². The van der Waals surface area contributed by atoms with Crippen LogP contribution in [0.2, 0.25) is 0 Å². The maximum Gasteiger partial charge on any atom is 0.307 e. The van der Waals surface area contributed by atoms with Crippen LogP contribution in [0.4, 0.5) is 5.95 Å². The highest BCUT2D eigenvalue weighted by molar-refractivity contribution is 5.73. The van der Waals surface area contributed by atoms with E-state index in [9.17, 15) is 9.59 Å². The topological polar surface area (TPSA) is 86.6 Å². The zero-order valence-corrected chi connectivity index (χ0v) is 10.7. The van der Waals surface area contributed by atoms with Gasteiger partial charge in [0.25, 0.3) is 0 Å². The van der Waals surface area contributed by atoms with E-state index in [1.165, 1.54) is 12.4 Å². The number of hydrogen-bond donors (Lipinski definition) is 1. The largest absolute Gasteiger partial charge is 0.481 e. The van der Waals surface area contributed by atoms with Gasteiger partial charge in [-0.05, 0) is 0 Å². The van der Waals surface area contributed by atoms with Gasteiger partial charge in [-0.3, -0.25) is 9.59 Å². The molecule has 0 atom stereocenters. The van der Waals surface area contributed by atoms with Crippen molar-refractivity contribution in [2.45, 2.75) is 13.3 Å². The van der Waals surface area contributed by atoms with Crippen LogP contribution in [-0.4, -0.2) is 58.0 Å². The Balaban J connectivity index is 1.96. The number of carboxylic acids is 1. The van der Waals surface area contributed by atoms with Gasteiger partial charge in [0.1, 0.15) is 0 Å². The summed E-state index contributed by atoms with van der Waals surface area (Å²) in [6.07, 6.45) is 3.00. The average molecular weight is 264 g/mol. The normalized spacial score (nSPS) is 15.4. The third-order valence-corrected chi connectivity index (χ3v) is 3.05. The maximum atomic E-state index is 11.2. The monoisotopic (exact) mass is 264 g/mol. The Labute approximate surface area is 110 Å². The van der Waals surface area contributed by atoms with E-state index in [1.807, 2.05) is 4.90 Å². The van der Waals surface area contributed by atoms with E-state index in [0.29, 0.717) is 37.7 Å².